The Balaban J connectivity index is 1.81. The van der Waals surface area contributed by atoms with Gasteiger partial charge in [0.05, 0.1) is 17.7 Å². The van der Waals surface area contributed by atoms with Crippen LogP contribution in [0, 0.1) is 13.8 Å². The van der Waals surface area contributed by atoms with E-state index in [-0.39, 0.29) is 17.0 Å². The number of benzene rings is 1. The lowest BCUT2D eigenvalue weighted by Crippen LogP contribution is -2.24. The van der Waals surface area contributed by atoms with Crippen LogP contribution in [0.5, 0.6) is 0 Å². The summed E-state index contributed by atoms with van der Waals surface area (Å²) < 4.78 is 32.6. The molecule has 0 spiro atoms. The molecule has 0 saturated heterocycles. The Morgan fingerprint density at radius 2 is 1.96 bits per heavy atom. The van der Waals surface area contributed by atoms with E-state index in [0.29, 0.717) is 17.1 Å². The Hall–Kier alpha value is -2.97. The smallest absolute Gasteiger partial charge is 0.257 e. The van der Waals surface area contributed by atoms with E-state index in [9.17, 15) is 13.2 Å². The number of hydrogen-bond donors (Lipinski definition) is 2. The molecule has 140 valence electrons. The molecule has 0 atom stereocenters. The average Bonchev–Trinajstić information content (AvgIpc) is 3.14. The van der Waals surface area contributed by atoms with Crippen LogP contribution >= 0.6 is 0 Å². The zero-order valence-electron chi connectivity index (χ0n) is 14.9. The number of rotatable bonds is 6. The lowest BCUT2D eigenvalue weighted by atomic mass is 10.1. The van der Waals surface area contributed by atoms with E-state index in [4.69, 9.17) is 4.42 Å². The minimum atomic E-state index is -3.79. The highest BCUT2D eigenvalue weighted by Crippen LogP contribution is 2.18. The third kappa shape index (κ3) is 4.60. The second-order valence-electron chi connectivity index (χ2n) is 6.05. The molecule has 0 fully saturated rings. The van der Waals surface area contributed by atoms with Gasteiger partial charge in [-0.2, -0.15) is 0 Å². The van der Waals surface area contributed by atoms with Gasteiger partial charge in [-0.1, -0.05) is 6.07 Å². The fourth-order valence-corrected chi connectivity index (χ4v) is 3.48. The molecule has 2 heterocycles. The minimum absolute atomic E-state index is 0.00186. The fourth-order valence-electron chi connectivity index (χ4n) is 2.46. The second-order valence-corrected chi connectivity index (χ2v) is 7.82. The van der Waals surface area contributed by atoms with E-state index in [2.05, 4.69) is 15.0 Å². The van der Waals surface area contributed by atoms with Crippen molar-refractivity contribution in [2.45, 2.75) is 25.3 Å². The van der Waals surface area contributed by atoms with Gasteiger partial charge in [0.1, 0.15) is 11.6 Å². The highest BCUT2D eigenvalue weighted by molar-refractivity contribution is 7.89. The number of sulfonamides is 1. The monoisotopic (exact) mass is 385 g/mol. The van der Waals surface area contributed by atoms with Crippen LogP contribution in [-0.2, 0) is 16.6 Å². The lowest BCUT2D eigenvalue weighted by Gasteiger charge is -2.11. The van der Waals surface area contributed by atoms with Gasteiger partial charge >= 0.3 is 0 Å². The zero-order chi connectivity index (χ0) is 19.4. The Kier molecular flexibility index (Phi) is 5.38. The molecule has 0 aliphatic heterocycles. The summed E-state index contributed by atoms with van der Waals surface area (Å²) in [6, 6.07) is 11.3. The van der Waals surface area contributed by atoms with Crippen LogP contribution < -0.4 is 10.0 Å². The number of amides is 1. The fraction of sp³-hybridized carbons (Fsp3) is 0.158. The van der Waals surface area contributed by atoms with Crippen molar-refractivity contribution in [1.29, 1.82) is 0 Å². The van der Waals surface area contributed by atoms with Crippen LogP contribution in [0.15, 0.2) is 64.2 Å². The summed E-state index contributed by atoms with van der Waals surface area (Å²) in [5, 5.41) is 2.69. The van der Waals surface area contributed by atoms with Gasteiger partial charge in [0.2, 0.25) is 10.0 Å². The molecule has 1 aromatic carbocycles. The molecule has 2 aromatic heterocycles. The van der Waals surface area contributed by atoms with Crippen LogP contribution in [0.2, 0.25) is 0 Å². The summed E-state index contributed by atoms with van der Waals surface area (Å²) in [7, 11) is -3.79. The van der Waals surface area contributed by atoms with Crippen molar-refractivity contribution in [3.05, 3.63) is 77.4 Å². The predicted molar refractivity (Wildman–Crippen MR) is 101 cm³/mol. The molecule has 0 bridgehead atoms. The molecule has 8 heteroatoms. The van der Waals surface area contributed by atoms with Gasteiger partial charge < -0.3 is 9.73 Å². The van der Waals surface area contributed by atoms with Gasteiger partial charge in [0.15, 0.2) is 0 Å². The molecule has 1 amide bonds. The van der Waals surface area contributed by atoms with E-state index >= 15 is 0 Å². The number of pyridine rings is 1. The van der Waals surface area contributed by atoms with Gasteiger partial charge in [-0.25, -0.2) is 18.1 Å². The van der Waals surface area contributed by atoms with Crippen LogP contribution in [-0.4, -0.2) is 19.3 Å². The number of anilines is 1. The average molecular weight is 385 g/mol. The van der Waals surface area contributed by atoms with Gasteiger partial charge in [-0.15, -0.1) is 0 Å². The van der Waals surface area contributed by atoms with Crippen molar-refractivity contribution in [1.82, 2.24) is 9.71 Å². The quantitative estimate of drug-likeness (QED) is 0.679. The third-order valence-corrected chi connectivity index (χ3v) is 5.34. The van der Waals surface area contributed by atoms with Crippen molar-refractivity contribution in [3.63, 3.8) is 0 Å². The molecule has 3 aromatic rings. The largest absolute Gasteiger partial charge is 0.468 e. The summed E-state index contributed by atoms with van der Waals surface area (Å²) in [6.45, 7) is 3.66. The zero-order valence-corrected chi connectivity index (χ0v) is 15.7. The number of aromatic nitrogens is 1. The first-order chi connectivity index (χ1) is 12.8. The van der Waals surface area contributed by atoms with Gasteiger partial charge in [-0.3, -0.25) is 4.79 Å². The summed E-state index contributed by atoms with van der Waals surface area (Å²) in [5.41, 5.74) is 1.87. The van der Waals surface area contributed by atoms with E-state index in [1.165, 1.54) is 18.4 Å². The number of nitrogens with one attached hydrogen (secondary N) is 2. The molecule has 0 radical (unpaired) electrons. The summed E-state index contributed by atoms with van der Waals surface area (Å²) in [6.07, 6.45) is 3.06. The molecular weight excluding hydrogens is 366 g/mol. The molecule has 7 nitrogen and oxygen atoms in total. The summed E-state index contributed by atoms with van der Waals surface area (Å²) in [4.78, 5) is 16.7. The van der Waals surface area contributed by atoms with E-state index < -0.39 is 15.9 Å². The molecular formula is C19H19N3O4S. The van der Waals surface area contributed by atoms with E-state index in [1.807, 2.05) is 13.0 Å². The van der Waals surface area contributed by atoms with Crippen LogP contribution in [0.1, 0.15) is 27.2 Å². The van der Waals surface area contributed by atoms with Crippen LogP contribution in [0.4, 0.5) is 5.82 Å². The minimum Gasteiger partial charge on any atom is -0.468 e. The molecule has 27 heavy (non-hydrogen) atoms. The van der Waals surface area contributed by atoms with Gasteiger partial charge in [0.25, 0.3) is 5.91 Å². The maximum atomic E-state index is 12.6. The second kappa shape index (κ2) is 7.73. The molecule has 3 rings (SSSR count). The molecule has 0 saturated carbocycles. The maximum absolute atomic E-state index is 12.6. The Morgan fingerprint density at radius 3 is 2.67 bits per heavy atom. The normalized spacial score (nSPS) is 11.3. The SMILES string of the molecule is Cc1ccnc(NC(=O)c2cc(S(=O)(=O)NCc3ccco3)ccc2C)c1. The maximum Gasteiger partial charge on any atom is 0.257 e. The van der Waals surface area contributed by atoms with E-state index in [1.54, 1.807) is 37.4 Å². The lowest BCUT2D eigenvalue weighted by molar-refractivity contribution is 0.102. The predicted octanol–water partition coefficient (Wildman–Crippen LogP) is 3.02. The first kappa shape index (κ1) is 18.8. The first-order valence-corrected chi connectivity index (χ1v) is 9.70. The number of furan rings is 1. The molecule has 2 N–H and O–H groups in total. The van der Waals surface area contributed by atoms with E-state index in [0.717, 1.165) is 5.56 Å². The first-order valence-electron chi connectivity index (χ1n) is 8.22. The number of nitrogens with zero attached hydrogens (tertiary/aromatic N) is 1. The van der Waals surface area contributed by atoms with Crippen molar-refractivity contribution in [3.8, 4) is 0 Å². The topological polar surface area (TPSA) is 101 Å². The van der Waals surface area contributed by atoms with Crippen molar-refractivity contribution in [2.24, 2.45) is 0 Å². The highest BCUT2D eigenvalue weighted by atomic mass is 32.2. The standard InChI is InChI=1S/C19H19N3O4S/c1-13-7-8-20-18(10-13)22-19(23)17-11-16(6-5-14(17)2)27(24,25)21-12-15-4-3-9-26-15/h3-11,21H,12H2,1-2H3,(H,20,22,23). The Morgan fingerprint density at radius 1 is 1.15 bits per heavy atom. The number of hydrogen-bond acceptors (Lipinski definition) is 5. The van der Waals surface area contributed by atoms with Crippen molar-refractivity contribution < 1.29 is 17.6 Å². The molecule has 0 aliphatic carbocycles. The Bertz CT molecular complexity index is 1060. The number of carbonyl (C=O) groups is 1. The van der Waals surface area contributed by atoms with Crippen molar-refractivity contribution >= 4 is 21.7 Å². The highest BCUT2D eigenvalue weighted by Gasteiger charge is 2.18. The van der Waals surface area contributed by atoms with Crippen LogP contribution in [0.25, 0.3) is 0 Å². The number of carbonyl (C=O) groups excluding carboxylic acids is 1. The number of aryl methyl sites for hydroxylation is 2. The third-order valence-electron chi connectivity index (χ3n) is 3.94. The summed E-state index contributed by atoms with van der Waals surface area (Å²) >= 11 is 0. The van der Waals surface area contributed by atoms with Crippen molar-refractivity contribution in [2.75, 3.05) is 5.32 Å². The molecule has 0 aliphatic rings. The van der Waals surface area contributed by atoms with Gasteiger partial charge in [-0.05, 0) is 61.4 Å². The molecule has 0 unspecified atom stereocenters. The van der Waals surface area contributed by atoms with Crippen LogP contribution in [0.3, 0.4) is 0 Å². The summed E-state index contributed by atoms with van der Waals surface area (Å²) in [5.74, 6) is 0.478. The van der Waals surface area contributed by atoms with Gasteiger partial charge in [0, 0.05) is 11.8 Å². The Labute approximate surface area is 157 Å².